The molecule has 38 heavy (non-hydrogen) atoms. The predicted octanol–water partition coefficient (Wildman–Crippen LogP) is 3.45. The first-order chi connectivity index (χ1) is 18.0. The van der Waals surface area contributed by atoms with E-state index in [1.54, 1.807) is 6.92 Å². The standard InChI is InChI=1S/C29H39N3O6/c1-18(2)13-22(26(34)29(4)11-12-29)30-27(35)21(15-20-9-7-6-8-10-20)16-24(33)23(17-37-5)31-28(36)25-14-19(3)32-38-25/h6-10,14,18,21-23H,11-13,15-17H2,1-5H3,(H,30,35)(H,31,36)/t21-,22+,23+/m1/s1. The van der Waals surface area contributed by atoms with E-state index in [1.165, 1.54) is 13.2 Å². The molecule has 1 aromatic heterocycles. The summed E-state index contributed by atoms with van der Waals surface area (Å²) < 4.78 is 10.2. The topological polar surface area (TPSA) is 128 Å². The molecule has 9 heteroatoms. The van der Waals surface area contributed by atoms with Crippen LogP contribution in [-0.4, -0.2) is 54.3 Å². The number of methoxy groups -OCH3 is 1. The first-order valence-corrected chi connectivity index (χ1v) is 13.2. The summed E-state index contributed by atoms with van der Waals surface area (Å²) in [5.74, 6) is -1.78. The molecule has 1 heterocycles. The van der Waals surface area contributed by atoms with E-state index < -0.39 is 23.9 Å². The number of hydrogen-bond donors (Lipinski definition) is 2. The smallest absolute Gasteiger partial charge is 0.290 e. The van der Waals surface area contributed by atoms with Crippen molar-refractivity contribution in [3.05, 3.63) is 53.4 Å². The quantitative estimate of drug-likeness (QED) is 0.365. The fourth-order valence-electron chi connectivity index (χ4n) is 4.47. The first kappa shape index (κ1) is 29.2. The molecule has 2 aromatic rings. The van der Waals surface area contributed by atoms with E-state index in [0.717, 1.165) is 18.4 Å². The summed E-state index contributed by atoms with van der Waals surface area (Å²) in [5.41, 5.74) is 1.05. The summed E-state index contributed by atoms with van der Waals surface area (Å²) in [6, 6.07) is 9.31. The largest absolute Gasteiger partial charge is 0.382 e. The van der Waals surface area contributed by atoms with Gasteiger partial charge in [-0.05, 0) is 44.1 Å². The zero-order valence-electron chi connectivity index (χ0n) is 22.9. The maximum atomic E-state index is 13.6. The molecule has 0 radical (unpaired) electrons. The molecule has 0 spiro atoms. The highest BCUT2D eigenvalue weighted by Crippen LogP contribution is 2.47. The average Bonchev–Trinajstić information content (AvgIpc) is 3.48. The van der Waals surface area contributed by atoms with E-state index >= 15 is 0 Å². The van der Waals surface area contributed by atoms with Crippen molar-refractivity contribution in [3.8, 4) is 0 Å². The number of benzene rings is 1. The summed E-state index contributed by atoms with van der Waals surface area (Å²) in [5, 5.41) is 9.32. The van der Waals surface area contributed by atoms with Crippen LogP contribution in [0, 0.1) is 24.2 Å². The summed E-state index contributed by atoms with van der Waals surface area (Å²) in [6.07, 6.45) is 2.36. The fraction of sp³-hybridized carbons (Fsp3) is 0.552. The number of amides is 2. The number of carbonyl (C=O) groups excluding carboxylic acids is 4. The van der Waals surface area contributed by atoms with Crippen LogP contribution in [0.5, 0.6) is 0 Å². The Hall–Kier alpha value is -3.33. The number of nitrogens with one attached hydrogen (secondary N) is 2. The van der Waals surface area contributed by atoms with Gasteiger partial charge in [0.1, 0.15) is 6.04 Å². The molecular formula is C29H39N3O6. The van der Waals surface area contributed by atoms with Gasteiger partial charge in [-0.1, -0.05) is 56.3 Å². The van der Waals surface area contributed by atoms with Crippen LogP contribution in [0.4, 0.5) is 0 Å². The monoisotopic (exact) mass is 525 g/mol. The molecule has 2 N–H and O–H groups in total. The lowest BCUT2D eigenvalue weighted by atomic mass is 9.88. The van der Waals surface area contributed by atoms with E-state index in [1.807, 2.05) is 51.1 Å². The van der Waals surface area contributed by atoms with Crippen LogP contribution in [0.3, 0.4) is 0 Å². The third kappa shape index (κ3) is 8.08. The number of carbonyl (C=O) groups is 4. The molecule has 0 bridgehead atoms. The lowest BCUT2D eigenvalue weighted by Crippen LogP contribution is -2.49. The van der Waals surface area contributed by atoms with Crippen LogP contribution in [0.1, 0.15) is 68.3 Å². The highest BCUT2D eigenvalue weighted by Gasteiger charge is 2.48. The fourth-order valence-corrected chi connectivity index (χ4v) is 4.47. The minimum absolute atomic E-state index is 0.0152. The average molecular weight is 526 g/mol. The second kappa shape index (κ2) is 13.0. The molecule has 1 fully saturated rings. The van der Waals surface area contributed by atoms with Crippen molar-refractivity contribution in [1.29, 1.82) is 0 Å². The van der Waals surface area contributed by atoms with Crippen LogP contribution in [0.15, 0.2) is 40.9 Å². The van der Waals surface area contributed by atoms with Crippen LogP contribution in [0.25, 0.3) is 0 Å². The molecular weight excluding hydrogens is 486 g/mol. The number of hydrogen-bond acceptors (Lipinski definition) is 7. The lowest BCUT2D eigenvalue weighted by Gasteiger charge is -2.26. The van der Waals surface area contributed by atoms with Gasteiger partial charge in [-0.3, -0.25) is 19.2 Å². The lowest BCUT2D eigenvalue weighted by molar-refractivity contribution is -0.134. The van der Waals surface area contributed by atoms with Gasteiger partial charge in [0.25, 0.3) is 5.91 Å². The van der Waals surface area contributed by atoms with E-state index in [-0.39, 0.29) is 47.6 Å². The van der Waals surface area contributed by atoms with Crippen LogP contribution in [-0.2, 0) is 25.5 Å². The van der Waals surface area contributed by atoms with Crippen LogP contribution >= 0.6 is 0 Å². The van der Waals surface area contributed by atoms with Gasteiger partial charge in [-0.2, -0.15) is 0 Å². The molecule has 2 amide bonds. The Morgan fingerprint density at radius 3 is 2.32 bits per heavy atom. The van der Waals surface area contributed by atoms with E-state index in [4.69, 9.17) is 9.26 Å². The van der Waals surface area contributed by atoms with Crippen molar-refractivity contribution in [2.75, 3.05) is 13.7 Å². The third-order valence-corrected chi connectivity index (χ3v) is 6.96. The van der Waals surface area contributed by atoms with Gasteiger partial charge < -0.3 is 19.9 Å². The van der Waals surface area contributed by atoms with E-state index in [0.29, 0.717) is 18.5 Å². The molecule has 1 saturated carbocycles. The summed E-state index contributed by atoms with van der Waals surface area (Å²) in [6.45, 7) is 7.59. The Labute approximate surface area is 224 Å². The van der Waals surface area contributed by atoms with Crippen molar-refractivity contribution < 1.29 is 28.4 Å². The van der Waals surface area contributed by atoms with E-state index in [9.17, 15) is 19.2 Å². The Kier molecular flexibility index (Phi) is 9.96. The minimum Gasteiger partial charge on any atom is -0.382 e. The first-order valence-electron chi connectivity index (χ1n) is 13.2. The normalized spacial score (nSPS) is 16.4. The van der Waals surface area contributed by atoms with Crippen molar-refractivity contribution in [2.24, 2.45) is 17.3 Å². The number of Topliss-reactive ketones (excluding diaryl/α,β-unsaturated/α-hetero) is 2. The molecule has 1 aromatic carbocycles. The van der Waals surface area contributed by atoms with Crippen molar-refractivity contribution >= 4 is 23.4 Å². The van der Waals surface area contributed by atoms with Gasteiger partial charge in [0, 0.05) is 30.9 Å². The highest BCUT2D eigenvalue weighted by molar-refractivity contribution is 5.98. The number of nitrogens with zero attached hydrogens (tertiary/aromatic N) is 1. The third-order valence-electron chi connectivity index (χ3n) is 6.96. The zero-order valence-corrected chi connectivity index (χ0v) is 22.9. The molecule has 0 unspecified atom stereocenters. The van der Waals surface area contributed by atoms with Gasteiger partial charge >= 0.3 is 0 Å². The predicted molar refractivity (Wildman–Crippen MR) is 141 cm³/mol. The number of aryl methyl sites for hydroxylation is 1. The highest BCUT2D eigenvalue weighted by atomic mass is 16.5. The molecule has 3 rings (SSSR count). The summed E-state index contributed by atoms with van der Waals surface area (Å²) in [4.78, 5) is 52.8. The summed E-state index contributed by atoms with van der Waals surface area (Å²) in [7, 11) is 1.43. The summed E-state index contributed by atoms with van der Waals surface area (Å²) >= 11 is 0. The Bertz CT molecular complexity index is 1120. The molecule has 9 nitrogen and oxygen atoms in total. The van der Waals surface area contributed by atoms with E-state index in [2.05, 4.69) is 15.8 Å². The van der Waals surface area contributed by atoms with Gasteiger partial charge in [-0.25, -0.2) is 0 Å². The Morgan fingerprint density at radius 1 is 1.08 bits per heavy atom. The molecule has 1 aliphatic carbocycles. The molecule has 1 aliphatic rings. The van der Waals surface area contributed by atoms with Gasteiger partial charge in [0.15, 0.2) is 11.6 Å². The number of rotatable bonds is 15. The van der Waals surface area contributed by atoms with Crippen LogP contribution in [0.2, 0.25) is 0 Å². The number of aromatic nitrogens is 1. The van der Waals surface area contributed by atoms with Gasteiger partial charge in [0.2, 0.25) is 11.7 Å². The molecule has 206 valence electrons. The minimum atomic E-state index is -0.984. The van der Waals surface area contributed by atoms with Gasteiger partial charge in [0.05, 0.1) is 18.3 Å². The second-order valence-electron chi connectivity index (χ2n) is 11.0. The zero-order chi connectivity index (χ0) is 27.9. The van der Waals surface area contributed by atoms with Crippen molar-refractivity contribution in [1.82, 2.24) is 15.8 Å². The Morgan fingerprint density at radius 2 is 1.76 bits per heavy atom. The molecule has 0 aliphatic heterocycles. The van der Waals surface area contributed by atoms with Crippen molar-refractivity contribution in [3.63, 3.8) is 0 Å². The van der Waals surface area contributed by atoms with Crippen molar-refractivity contribution in [2.45, 2.75) is 71.9 Å². The number of ketones is 2. The maximum Gasteiger partial charge on any atom is 0.290 e. The van der Waals surface area contributed by atoms with Crippen LogP contribution < -0.4 is 10.6 Å². The maximum absolute atomic E-state index is 13.6. The molecule has 0 saturated heterocycles. The second-order valence-corrected chi connectivity index (χ2v) is 11.0. The number of ether oxygens (including phenoxy) is 1. The Balaban J connectivity index is 1.78. The SMILES string of the molecule is COC[C@H](NC(=O)c1cc(C)no1)C(=O)C[C@@H](Cc1ccccc1)C(=O)N[C@@H](CC(C)C)C(=O)C1(C)CC1. The molecule has 3 atom stereocenters. The van der Waals surface area contributed by atoms with Gasteiger partial charge in [-0.15, -0.1) is 0 Å².